The molecule has 1 aliphatic rings. The molecule has 1 amide bonds. The topological polar surface area (TPSA) is 96.0 Å². The second-order valence-electron chi connectivity index (χ2n) is 4.94. The van der Waals surface area contributed by atoms with E-state index in [-0.39, 0.29) is 22.7 Å². The van der Waals surface area contributed by atoms with Crippen LogP contribution in [0, 0.1) is 10.1 Å². The van der Waals surface area contributed by atoms with Crippen molar-refractivity contribution >= 4 is 17.3 Å². The maximum absolute atomic E-state index is 13.2. The van der Waals surface area contributed by atoms with E-state index >= 15 is 0 Å². The summed E-state index contributed by atoms with van der Waals surface area (Å²) in [6.07, 6.45) is -5.85. The maximum Gasteiger partial charge on any atom is 0.438 e. The molecule has 1 heterocycles. The van der Waals surface area contributed by atoms with E-state index in [4.69, 9.17) is 0 Å². The molecule has 1 atom stereocenters. The number of nitro groups is 1. The lowest BCUT2D eigenvalue weighted by Crippen LogP contribution is -2.56. The van der Waals surface area contributed by atoms with Crippen molar-refractivity contribution in [1.29, 1.82) is 0 Å². The second-order valence-corrected chi connectivity index (χ2v) is 4.94. The molecule has 1 N–H and O–H groups in total. The monoisotopic (exact) mass is 331 g/mol. The number of nitrogens with zero attached hydrogens (tertiary/aromatic N) is 3. The standard InChI is InChI=1S/C13H12F3N3O4/c1-2-9-7-12(21,13(14,15)16)18(17-9)11(20)8-4-3-5-10(6-8)19(22)23/h3-6,21H,2,7H2,1H3/t12-/m1/s1. The van der Waals surface area contributed by atoms with E-state index in [1.54, 1.807) is 0 Å². The smallest absolute Gasteiger partial charge is 0.362 e. The molecular formula is C13H12F3N3O4. The van der Waals surface area contributed by atoms with Crippen molar-refractivity contribution in [1.82, 2.24) is 5.01 Å². The number of nitro benzene ring substituents is 1. The number of benzene rings is 1. The van der Waals surface area contributed by atoms with Crippen LogP contribution in [0.5, 0.6) is 0 Å². The van der Waals surface area contributed by atoms with Crippen molar-refractivity contribution in [3.63, 3.8) is 0 Å². The molecule has 0 unspecified atom stereocenters. The fourth-order valence-corrected chi connectivity index (χ4v) is 2.12. The number of hydrazone groups is 1. The average molecular weight is 331 g/mol. The molecule has 0 aromatic heterocycles. The highest BCUT2D eigenvalue weighted by Crippen LogP contribution is 2.41. The molecule has 0 radical (unpaired) electrons. The van der Waals surface area contributed by atoms with Gasteiger partial charge in [-0.15, -0.1) is 0 Å². The van der Waals surface area contributed by atoms with E-state index < -0.39 is 34.8 Å². The Balaban J connectivity index is 2.45. The van der Waals surface area contributed by atoms with Gasteiger partial charge in [0.1, 0.15) is 0 Å². The minimum absolute atomic E-state index is 0.00334. The van der Waals surface area contributed by atoms with Gasteiger partial charge >= 0.3 is 6.18 Å². The molecule has 0 saturated carbocycles. The summed E-state index contributed by atoms with van der Waals surface area (Å²) >= 11 is 0. The quantitative estimate of drug-likeness (QED) is 0.680. The summed E-state index contributed by atoms with van der Waals surface area (Å²) < 4.78 is 39.5. The summed E-state index contributed by atoms with van der Waals surface area (Å²) in [5, 5.41) is 24.1. The first-order valence-corrected chi connectivity index (χ1v) is 6.54. The zero-order valence-electron chi connectivity index (χ0n) is 11.9. The molecule has 0 aliphatic carbocycles. The van der Waals surface area contributed by atoms with Crippen LogP contribution in [0.4, 0.5) is 18.9 Å². The Hall–Kier alpha value is -2.49. The van der Waals surface area contributed by atoms with Crippen molar-refractivity contribution in [2.45, 2.75) is 31.7 Å². The predicted octanol–water partition coefficient (Wildman–Crippen LogP) is 2.46. The molecule has 23 heavy (non-hydrogen) atoms. The third-order valence-corrected chi connectivity index (χ3v) is 3.40. The summed E-state index contributed by atoms with van der Waals surface area (Å²) in [6, 6.07) is 4.21. The van der Waals surface area contributed by atoms with Crippen LogP contribution < -0.4 is 0 Å². The van der Waals surface area contributed by atoms with E-state index in [0.29, 0.717) is 0 Å². The second kappa shape index (κ2) is 5.61. The number of rotatable bonds is 3. The number of amides is 1. The summed E-state index contributed by atoms with van der Waals surface area (Å²) in [6.45, 7) is 1.54. The van der Waals surface area contributed by atoms with Crippen LogP contribution in [0.15, 0.2) is 29.4 Å². The highest BCUT2D eigenvalue weighted by molar-refractivity contribution is 5.98. The molecule has 1 aromatic carbocycles. The Morgan fingerprint density at radius 2 is 2.17 bits per heavy atom. The lowest BCUT2D eigenvalue weighted by molar-refractivity contribution is -0.384. The summed E-state index contributed by atoms with van der Waals surface area (Å²) in [5.74, 6) is -1.27. The normalized spacial score (nSPS) is 21.3. The number of halogens is 3. The molecule has 1 aromatic rings. The van der Waals surface area contributed by atoms with Crippen molar-refractivity contribution < 1.29 is 28.0 Å². The van der Waals surface area contributed by atoms with E-state index in [1.807, 2.05) is 0 Å². The van der Waals surface area contributed by atoms with Crippen LogP contribution in [0.25, 0.3) is 0 Å². The molecule has 0 bridgehead atoms. The van der Waals surface area contributed by atoms with E-state index in [9.17, 15) is 33.2 Å². The molecular weight excluding hydrogens is 319 g/mol. The van der Waals surface area contributed by atoms with Gasteiger partial charge in [-0.25, -0.2) is 0 Å². The lowest BCUT2D eigenvalue weighted by atomic mass is 10.0. The highest BCUT2D eigenvalue weighted by Gasteiger charge is 2.63. The van der Waals surface area contributed by atoms with Gasteiger partial charge in [0.05, 0.1) is 4.92 Å². The van der Waals surface area contributed by atoms with Crippen LogP contribution >= 0.6 is 0 Å². The van der Waals surface area contributed by atoms with E-state index in [2.05, 4.69) is 5.10 Å². The zero-order valence-corrected chi connectivity index (χ0v) is 11.9. The van der Waals surface area contributed by atoms with Crippen LogP contribution in [0.3, 0.4) is 0 Å². The van der Waals surface area contributed by atoms with Crippen LogP contribution in [-0.2, 0) is 0 Å². The number of hydrogen-bond donors (Lipinski definition) is 1. The molecule has 0 spiro atoms. The highest BCUT2D eigenvalue weighted by atomic mass is 19.4. The maximum atomic E-state index is 13.2. The molecule has 124 valence electrons. The Morgan fingerprint density at radius 3 is 2.70 bits per heavy atom. The summed E-state index contributed by atoms with van der Waals surface area (Å²) in [4.78, 5) is 22.2. The fourth-order valence-electron chi connectivity index (χ4n) is 2.12. The molecule has 0 saturated heterocycles. The van der Waals surface area contributed by atoms with Crippen molar-refractivity contribution in [3.8, 4) is 0 Å². The Kier molecular flexibility index (Phi) is 4.12. The zero-order chi connectivity index (χ0) is 17.4. The number of aliphatic hydroxyl groups is 1. The van der Waals surface area contributed by atoms with E-state index in [1.165, 1.54) is 13.0 Å². The Labute approximate surface area is 128 Å². The summed E-state index contributed by atoms with van der Waals surface area (Å²) in [5.41, 5.74) is -4.28. The molecule has 7 nitrogen and oxygen atoms in total. The third kappa shape index (κ3) is 2.89. The Bertz CT molecular complexity index is 689. The fraction of sp³-hybridized carbons (Fsp3) is 0.385. The molecule has 1 aliphatic heterocycles. The van der Waals surface area contributed by atoms with Crippen molar-refractivity contribution in [3.05, 3.63) is 39.9 Å². The molecule has 0 fully saturated rings. The van der Waals surface area contributed by atoms with Crippen LogP contribution in [-0.4, -0.2) is 38.6 Å². The van der Waals surface area contributed by atoms with Gasteiger partial charge in [0.25, 0.3) is 17.3 Å². The lowest BCUT2D eigenvalue weighted by Gasteiger charge is -2.32. The number of non-ortho nitro benzene ring substituents is 1. The largest absolute Gasteiger partial charge is 0.438 e. The van der Waals surface area contributed by atoms with Crippen LogP contribution in [0.2, 0.25) is 0 Å². The van der Waals surface area contributed by atoms with Gasteiger partial charge in [-0.3, -0.25) is 14.9 Å². The van der Waals surface area contributed by atoms with Crippen LogP contribution in [0.1, 0.15) is 30.1 Å². The van der Waals surface area contributed by atoms with Crippen molar-refractivity contribution in [2.24, 2.45) is 5.10 Å². The number of hydrogen-bond acceptors (Lipinski definition) is 5. The van der Waals surface area contributed by atoms with Gasteiger partial charge in [0, 0.05) is 29.8 Å². The van der Waals surface area contributed by atoms with Gasteiger partial charge in [0.15, 0.2) is 0 Å². The SMILES string of the molecule is CCC1=NN(C(=O)c2cccc([N+](=O)[O-])c2)[C@](O)(C(F)(F)F)C1. The Morgan fingerprint density at radius 1 is 1.52 bits per heavy atom. The number of alkyl halides is 3. The first-order chi connectivity index (χ1) is 10.6. The number of carbonyl (C=O) groups excluding carboxylic acids is 1. The van der Waals surface area contributed by atoms with Gasteiger partial charge in [-0.2, -0.15) is 23.3 Å². The first kappa shape index (κ1) is 16.9. The van der Waals surface area contributed by atoms with Gasteiger partial charge < -0.3 is 5.11 Å². The molecule has 2 rings (SSSR count). The van der Waals surface area contributed by atoms with Gasteiger partial charge in [-0.05, 0) is 12.5 Å². The van der Waals surface area contributed by atoms with Gasteiger partial charge in [0.2, 0.25) is 0 Å². The third-order valence-electron chi connectivity index (χ3n) is 3.40. The molecule has 10 heteroatoms. The summed E-state index contributed by atoms with van der Waals surface area (Å²) in [7, 11) is 0. The number of carbonyl (C=O) groups is 1. The predicted molar refractivity (Wildman–Crippen MR) is 72.6 cm³/mol. The average Bonchev–Trinajstić information content (AvgIpc) is 2.84. The minimum Gasteiger partial charge on any atom is -0.362 e. The van der Waals surface area contributed by atoms with Crippen molar-refractivity contribution in [2.75, 3.05) is 0 Å². The van der Waals surface area contributed by atoms with Gasteiger partial charge in [-0.1, -0.05) is 13.0 Å². The minimum atomic E-state index is -5.12. The van der Waals surface area contributed by atoms with E-state index in [0.717, 1.165) is 18.2 Å². The first-order valence-electron chi connectivity index (χ1n) is 6.54.